The Morgan fingerprint density at radius 2 is 2.00 bits per heavy atom. The van der Waals surface area contributed by atoms with Crippen LogP contribution in [0.3, 0.4) is 0 Å². The van der Waals surface area contributed by atoms with E-state index in [1.807, 2.05) is 6.07 Å². The van der Waals surface area contributed by atoms with E-state index < -0.39 is 17.8 Å². The highest BCUT2D eigenvalue weighted by Crippen LogP contribution is 2.31. The van der Waals surface area contributed by atoms with Crippen LogP contribution in [0.15, 0.2) is 42.6 Å². The third kappa shape index (κ3) is 3.51. The largest absolute Gasteiger partial charge is 0.416 e. The molecule has 0 spiro atoms. The number of hydrogen-bond acceptors (Lipinski definition) is 3. The standard InChI is InChI=1S/C15H12F3N3/c1-10(21-14-12(9-19)5-3-7-20-14)11-4-2-6-13(8-11)15(16,17)18/h2-8,10H,1H3,(H,20,21)/t10-/m1/s1. The highest BCUT2D eigenvalue weighted by atomic mass is 19.4. The maximum absolute atomic E-state index is 12.7. The van der Waals surface area contributed by atoms with E-state index in [1.54, 1.807) is 25.1 Å². The summed E-state index contributed by atoms with van der Waals surface area (Å²) in [5, 5.41) is 11.9. The van der Waals surface area contributed by atoms with E-state index in [9.17, 15) is 13.2 Å². The Balaban J connectivity index is 2.25. The third-order valence-corrected chi connectivity index (χ3v) is 3.00. The summed E-state index contributed by atoms with van der Waals surface area (Å²) < 4.78 is 38.1. The Bertz CT molecular complexity index is 674. The molecule has 21 heavy (non-hydrogen) atoms. The van der Waals surface area contributed by atoms with Crippen molar-refractivity contribution in [2.24, 2.45) is 0 Å². The van der Waals surface area contributed by atoms with E-state index in [1.165, 1.54) is 12.3 Å². The van der Waals surface area contributed by atoms with Gasteiger partial charge in [-0.1, -0.05) is 12.1 Å². The van der Waals surface area contributed by atoms with Crippen LogP contribution in [-0.4, -0.2) is 4.98 Å². The quantitative estimate of drug-likeness (QED) is 0.924. The van der Waals surface area contributed by atoms with Crippen molar-refractivity contribution < 1.29 is 13.2 Å². The number of aromatic nitrogens is 1. The first-order chi connectivity index (χ1) is 9.91. The Labute approximate surface area is 120 Å². The number of nitriles is 1. The predicted octanol–water partition coefficient (Wildman–Crippen LogP) is 4.15. The molecule has 1 aromatic heterocycles. The second-order valence-electron chi connectivity index (χ2n) is 4.50. The highest BCUT2D eigenvalue weighted by Gasteiger charge is 2.30. The fraction of sp³-hybridized carbons (Fsp3) is 0.200. The van der Waals surface area contributed by atoms with Crippen LogP contribution in [0.5, 0.6) is 0 Å². The van der Waals surface area contributed by atoms with Gasteiger partial charge >= 0.3 is 6.18 Å². The maximum Gasteiger partial charge on any atom is 0.416 e. The van der Waals surface area contributed by atoms with Gasteiger partial charge in [0.25, 0.3) is 0 Å². The van der Waals surface area contributed by atoms with Gasteiger partial charge in [-0.3, -0.25) is 0 Å². The van der Waals surface area contributed by atoms with Gasteiger partial charge in [0.15, 0.2) is 0 Å². The molecule has 0 bridgehead atoms. The first kappa shape index (κ1) is 14.9. The van der Waals surface area contributed by atoms with E-state index in [4.69, 9.17) is 5.26 Å². The van der Waals surface area contributed by atoms with Crippen molar-refractivity contribution in [3.05, 3.63) is 59.3 Å². The molecule has 0 fully saturated rings. The molecule has 0 aliphatic rings. The second-order valence-corrected chi connectivity index (χ2v) is 4.50. The number of rotatable bonds is 3. The number of pyridine rings is 1. The minimum absolute atomic E-state index is 0.344. The van der Waals surface area contributed by atoms with Crippen LogP contribution in [0.25, 0.3) is 0 Å². The molecule has 108 valence electrons. The van der Waals surface area contributed by atoms with Gasteiger partial charge in [-0.25, -0.2) is 4.98 Å². The summed E-state index contributed by atoms with van der Waals surface area (Å²) in [6.45, 7) is 1.71. The lowest BCUT2D eigenvalue weighted by Gasteiger charge is -2.17. The van der Waals surface area contributed by atoms with Crippen LogP contribution in [0.2, 0.25) is 0 Å². The van der Waals surface area contributed by atoms with Crippen molar-refractivity contribution in [1.82, 2.24) is 4.98 Å². The number of hydrogen-bond donors (Lipinski definition) is 1. The number of anilines is 1. The smallest absolute Gasteiger partial charge is 0.362 e. The van der Waals surface area contributed by atoms with Crippen molar-refractivity contribution in [2.75, 3.05) is 5.32 Å². The van der Waals surface area contributed by atoms with Gasteiger partial charge in [0, 0.05) is 12.2 Å². The summed E-state index contributed by atoms with van der Waals surface area (Å²) >= 11 is 0. The Hall–Kier alpha value is -2.55. The Kier molecular flexibility index (Phi) is 4.13. The van der Waals surface area contributed by atoms with Crippen molar-refractivity contribution in [2.45, 2.75) is 19.1 Å². The van der Waals surface area contributed by atoms with Crippen molar-refractivity contribution >= 4 is 5.82 Å². The van der Waals surface area contributed by atoms with Crippen LogP contribution in [0.4, 0.5) is 19.0 Å². The normalized spacial score (nSPS) is 12.5. The maximum atomic E-state index is 12.7. The number of nitrogens with one attached hydrogen (secondary N) is 1. The van der Waals surface area contributed by atoms with Gasteiger partial charge in [0.1, 0.15) is 11.9 Å². The van der Waals surface area contributed by atoms with E-state index in [0.717, 1.165) is 12.1 Å². The Morgan fingerprint density at radius 1 is 1.24 bits per heavy atom. The first-order valence-electron chi connectivity index (χ1n) is 6.20. The van der Waals surface area contributed by atoms with E-state index >= 15 is 0 Å². The van der Waals surface area contributed by atoms with Crippen LogP contribution in [0.1, 0.15) is 29.7 Å². The van der Waals surface area contributed by atoms with E-state index in [0.29, 0.717) is 16.9 Å². The molecule has 0 aliphatic carbocycles. The number of benzene rings is 1. The van der Waals surface area contributed by atoms with E-state index in [2.05, 4.69) is 10.3 Å². The highest BCUT2D eigenvalue weighted by molar-refractivity contribution is 5.52. The fourth-order valence-corrected chi connectivity index (χ4v) is 1.88. The summed E-state index contributed by atoms with van der Waals surface area (Å²) in [6, 6.07) is 9.87. The molecular formula is C15H12F3N3. The summed E-state index contributed by atoms with van der Waals surface area (Å²) in [7, 11) is 0. The molecular weight excluding hydrogens is 279 g/mol. The molecule has 1 aromatic carbocycles. The number of alkyl halides is 3. The molecule has 0 aliphatic heterocycles. The van der Waals surface area contributed by atoms with Crippen molar-refractivity contribution in [1.29, 1.82) is 5.26 Å². The zero-order valence-electron chi connectivity index (χ0n) is 11.1. The van der Waals surface area contributed by atoms with Gasteiger partial charge in [-0.2, -0.15) is 18.4 Å². The van der Waals surface area contributed by atoms with Gasteiger partial charge in [0.2, 0.25) is 0 Å². The molecule has 3 nitrogen and oxygen atoms in total. The molecule has 0 amide bonds. The monoisotopic (exact) mass is 291 g/mol. The minimum Gasteiger partial charge on any atom is -0.362 e. The lowest BCUT2D eigenvalue weighted by Crippen LogP contribution is -2.11. The fourth-order valence-electron chi connectivity index (χ4n) is 1.88. The van der Waals surface area contributed by atoms with Crippen molar-refractivity contribution in [3.8, 4) is 6.07 Å². The molecule has 0 unspecified atom stereocenters. The van der Waals surface area contributed by atoms with Crippen LogP contribution in [-0.2, 0) is 6.18 Å². The lowest BCUT2D eigenvalue weighted by molar-refractivity contribution is -0.137. The average molecular weight is 291 g/mol. The molecule has 1 atom stereocenters. The first-order valence-corrected chi connectivity index (χ1v) is 6.20. The zero-order valence-corrected chi connectivity index (χ0v) is 11.1. The lowest BCUT2D eigenvalue weighted by atomic mass is 10.0. The van der Waals surface area contributed by atoms with E-state index in [-0.39, 0.29) is 0 Å². The van der Waals surface area contributed by atoms with Gasteiger partial charge in [0.05, 0.1) is 11.1 Å². The third-order valence-electron chi connectivity index (χ3n) is 3.00. The predicted molar refractivity (Wildman–Crippen MR) is 72.4 cm³/mol. The topological polar surface area (TPSA) is 48.7 Å². The molecule has 6 heteroatoms. The number of nitrogens with zero attached hydrogens (tertiary/aromatic N) is 2. The van der Waals surface area contributed by atoms with Gasteiger partial charge in [-0.15, -0.1) is 0 Å². The Morgan fingerprint density at radius 3 is 2.67 bits per heavy atom. The molecule has 1 heterocycles. The average Bonchev–Trinajstić information content (AvgIpc) is 2.47. The SMILES string of the molecule is C[C@@H](Nc1ncccc1C#N)c1cccc(C(F)(F)F)c1. The molecule has 0 radical (unpaired) electrons. The summed E-state index contributed by atoms with van der Waals surface area (Å²) in [4.78, 5) is 4.03. The zero-order chi connectivity index (χ0) is 15.5. The van der Waals surface area contributed by atoms with Crippen LogP contribution >= 0.6 is 0 Å². The molecule has 2 rings (SSSR count). The number of halogens is 3. The molecule has 0 saturated carbocycles. The van der Waals surface area contributed by atoms with Crippen LogP contribution in [0, 0.1) is 11.3 Å². The molecule has 2 aromatic rings. The van der Waals surface area contributed by atoms with Crippen molar-refractivity contribution in [3.63, 3.8) is 0 Å². The molecule has 0 saturated heterocycles. The minimum atomic E-state index is -4.38. The van der Waals surface area contributed by atoms with Gasteiger partial charge in [-0.05, 0) is 36.8 Å². The summed E-state index contributed by atoms with van der Waals surface area (Å²) in [5.41, 5.74) is 0.117. The summed E-state index contributed by atoms with van der Waals surface area (Å²) in [6.07, 6.45) is -2.86. The summed E-state index contributed by atoms with van der Waals surface area (Å²) in [5.74, 6) is 0.352. The second kappa shape index (κ2) is 5.83. The van der Waals surface area contributed by atoms with Crippen LogP contribution < -0.4 is 5.32 Å². The molecule has 1 N–H and O–H groups in total. The van der Waals surface area contributed by atoms with Gasteiger partial charge < -0.3 is 5.32 Å².